The van der Waals surface area contributed by atoms with Crippen molar-refractivity contribution in [3.05, 3.63) is 42.3 Å². The predicted octanol–water partition coefficient (Wildman–Crippen LogP) is 3.32. The van der Waals surface area contributed by atoms with Gasteiger partial charge in [0.05, 0.1) is 5.41 Å². The number of hydrogen-bond donors (Lipinski definition) is 1. The summed E-state index contributed by atoms with van der Waals surface area (Å²) >= 11 is 0. The summed E-state index contributed by atoms with van der Waals surface area (Å²) in [5.41, 5.74) is 2.15. The van der Waals surface area contributed by atoms with E-state index in [0.29, 0.717) is 0 Å². The Morgan fingerprint density at radius 2 is 1.27 bits per heavy atom. The minimum atomic E-state index is -0.757. The molecule has 1 aromatic carbocycles. The van der Waals surface area contributed by atoms with Crippen LogP contribution in [0.3, 0.4) is 0 Å². The molecular formula is C19H37KO2. The molecule has 0 bridgehead atoms. The van der Waals surface area contributed by atoms with Crippen LogP contribution in [-0.2, 0) is 4.79 Å². The van der Waals surface area contributed by atoms with Gasteiger partial charge in [0.2, 0.25) is 0 Å². The van der Waals surface area contributed by atoms with Crippen LogP contribution in [0.2, 0.25) is 0 Å². The Labute approximate surface area is 182 Å². The van der Waals surface area contributed by atoms with E-state index in [-0.39, 0.29) is 58.8 Å². The van der Waals surface area contributed by atoms with Crippen molar-refractivity contribution in [2.24, 2.45) is 5.41 Å². The van der Waals surface area contributed by atoms with Gasteiger partial charge in [-0.3, -0.25) is 4.79 Å². The fourth-order valence-corrected chi connectivity index (χ4v) is 0.663. The SMILES string of the molecule is C.CC.CC(C)(C)C(=O)O.Cc1ccccc1C.[CH2-]CC.[K+]. The van der Waals surface area contributed by atoms with Gasteiger partial charge in [-0.15, -0.1) is 0 Å². The minimum Gasteiger partial charge on any atom is -0.481 e. The van der Waals surface area contributed by atoms with Gasteiger partial charge in [0.15, 0.2) is 0 Å². The third kappa shape index (κ3) is 25.3. The van der Waals surface area contributed by atoms with Crippen LogP contribution in [-0.4, -0.2) is 11.1 Å². The number of hydrogen-bond acceptors (Lipinski definition) is 1. The first-order valence-corrected chi connectivity index (χ1v) is 7.21. The van der Waals surface area contributed by atoms with Gasteiger partial charge < -0.3 is 12.0 Å². The molecular weight excluding hydrogens is 299 g/mol. The number of carboxylic acid groups (broad SMARTS) is 1. The molecule has 0 aromatic heterocycles. The third-order valence-electron chi connectivity index (χ3n) is 2.07. The Morgan fingerprint density at radius 1 is 1.09 bits per heavy atom. The van der Waals surface area contributed by atoms with Gasteiger partial charge >= 0.3 is 57.4 Å². The summed E-state index contributed by atoms with van der Waals surface area (Å²) in [5, 5.41) is 8.25. The van der Waals surface area contributed by atoms with E-state index in [0.717, 1.165) is 6.42 Å². The van der Waals surface area contributed by atoms with Gasteiger partial charge in [-0.2, -0.15) is 6.42 Å². The molecule has 0 amide bonds. The smallest absolute Gasteiger partial charge is 0.481 e. The van der Waals surface area contributed by atoms with Crippen LogP contribution in [0.25, 0.3) is 0 Å². The normalized spacial score (nSPS) is 8.05. The van der Waals surface area contributed by atoms with Crippen molar-refractivity contribution >= 4 is 5.97 Å². The second kappa shape index (κ2) is 21.3. The van der Waals surface area contributed by atoms with Gasteiger partial charge in [-0.25, -0.2) is 0 Å². The molecule has 22 heavy (non-hydrogen) atoms. The van der Waals surface area contributed by atoms with Gasteiger partial charge in [0.25, 0.3) is 0 Å². The molecule has 1 rings (SSSR count). The fraction of sp³-hybridized carbons (Fsp3) is 0.579. The molecule has 0 heterocycles. The first-order valence-electron chi connectivity index (χ1n) is 7.21. The standard InChI is InChI=1S/C8H10.C5H10O2.C3H7.C2H6.CH4.K/c1-7-5-3-4-6-8(7)2;1-5(2,3)4(6)7;1-3-2;1-2;;/h3-6H,1-2H3;1-3H3,(H,6,7);1,3H2,2H3;1-2H3;1H4;/q;;-1;;;+1. The van der Waals surface area contributed by atoms with Crippen molar-refractivity contribution in [1.82, 2.24) is 0 Å². The summed E-state index contributed by atoms with van der Waals surface area (Å²) in [6, 6.07) is 8.36. The average molecular weight is 337 g/mol. The Morgan fingerprint density at radius 3 is 1.36 bits per heavy atom. The average Bonchev–Trinajstić information content (AvgIpc) is 2.36. The van der Waals surface area contributed by atoms with Crippen molar-refractivity contribution in [2.75, 3.05) is 0 Å². The number of aliphatic carboxylic acids is 1. The predicted molar refractivity (Wildman–Crippen MR) is 96.7 cm³/mol. The maximum absolute atomic E-state index is 10.0. The quantitative estimate of drug-likeness (QED) is 0.583. The van der Waals surface area contributed by atoms with Crippen LogP contribution in [0, 0.1) is 26.2 Å². The van der Waals surface area contributed by atoms with Crippen LogP contribution in [0.4, 0.5) is 0 Å². The number of aryl methyl sites for hydroxylation is 2. The molecule has 0 saturated heterocycles. The van der Waals surface area contributed by atoms with Crippen molar-refractivity contribution in [3.8, 4) is 0 Å². The summed E-state index contributed by atoms with van der Waals surface area (Å²) in [7, 11) is 0. The van der Waals surface area contributed by atoms with E-state index in [1.165, 1.54) is 11.1 Å². The Balaban J connectivity index is -0.0000000638. The molecule has 126 valence electrons. The zero-order valence-corrected chi connectivity index (χ0v) is 18.7. The summed E-state index contributed by atoms with van der Waals surface area (Å²) in [6.45, 7) is 18.7. The van der Waals surface area contributed by atoms with Crippen LogP contribution in [0.5, 0.6) is 0 Å². The molecule has 0 aliphatic carbocycles. The second-order valence-corrected chi connectivity index (χ2v) is 5.14. The summed E-state index contributed by atoms with van der Waals surface area (Å²) in [5.74, 6) is -0.757. The van der Waals surface area contributed by atoms with Crippen LogP contribution < -0.4 is 51.4 Å². The van der Waals surface area contributed by atoms with Crippen LogP contribution in [0.1, 0.15) is 66.5 Å². The van der Waals surface area contributed by atoms with E-state index in [1.807, 2.05) is 20.8 Å². The van der Waals surface area contributed by atoms with Crippen molar-refractivity contribution in [3.63, 3.8) is 0 Å². The summed E-state index contributed by atoms with van der Waals surface area (Å²) in [4.78, 5) is 10.0. The van der Waals surface area contributed by atoms with E-state index < -0.39 is 11.4 Å². The molecule has 2 nitrogen and oxygen atoms in total. The number of carbonyl (C=O) groups is 1. The molecule has 0 atom stereocenters. The molecule has 3 heteroatoms. The van der Waals surface area contributed by atoms with Crippen molar-refractivity contribution in [1.29, 1.82) is 0 Å². The Kier molecular flexibility index (Phi) is 32.8. The van der Waals surface area contributed by atoms with Crippen LogP contribution >= 0.6 is 0 Å². The van der Waals surface area contributed by atoms with E-state index in [4.69, 9.17) is 5.11 Å². The zero-order chi connectivity index (χ0) is 16.8. The van der Waals surface area contributed by atoms with Crippen molar-refractivity contribution in [2.45, 2.75) is 69.2 Å². The number of carboxylic acids is 1. The van der Waals surface area contributed by atoms with E-state index >= 15 is 0 Å². The second-order valence-electron chi connectivity index (χ2n) is 5.14. The van der Waals surface area contributed by atoms with Gasteiger partial charge in [0.1, 0.15) is 0 Å². The zero-order valence-electron chi connectivity index (χ0n) is 15.6. The first kappa shape index (κ1) is 33.8. The van der Waals surface area contributed by atoms with E-state index in [2.05, 4.69) is 45.0 Å². The molecule has 0 radical (unpaired) electrons. The molecule has 0 aliphatic rings. The molecule has 0 aliphatic heterocycles. The monoisotopic (exact) mass is 336 g/mol. The van der Waals surface area contributed by atoms with Gasteiger partial charge in [-0.05, 0) is 45.7 Å². The fourth-order valence-electron chi connectivity index (χ4n) is 0.663. The maximum Gasteiger partial charge on any atom is 1.00 e. The van der Waals surface area contributed by atoms with Crippen molar-refractivity contribution < 1.29 is 61.3 Å². The largest absolute Gasteiger partial charge is 1.00 e. The first-order chi connectivity index (χ1) is 9.16. The molecule has 0 unspecified atom stereocenters. The molecule has 1 N–H and O–H groups in total. The van der Waals surface area contributed by atoms with E-state index in [1.54, 1.807) is 20.8 Å². The van der Waals surface area contributed by atoms with E-state index in [9.17, 15) is 4.79 Å². The summed E-state index contributed by atoms with van der Waals surface area (Å²) in [6.07, 6.45) is 1.00. The Hall–Kier alpha value is 0.326. The Bertz CT molecular complexity index is 321. The maximum atomic E-state index is 10.0. The number of rotatable bonds is 0. The number of benzene rings is 1. The van der Waals surface area contributed by atoms with Gasteiger partial charge in [-0.1, -0.05) is 52.5 Å². The molecule has 0 saturated carbocycles. The third-order valence-corrected chi connectivity index (χ3v) is 2.07. The topological polar surface area (TPSA) is 37.3 Å². The molecule has 0 spiro atoms. The molecule has 0 fully saturated rings. The van der Waals surface area contributed by atoms with Gasteiger partial charge in [0, 0.05) is 0 Å². The van der Waals surface area contributed by atoms with Crippen LogP contribution in [0.15, 0.2) is 24.3 Å². The minimum absolute atomic E-state index is 0. The summed E-state index contributed by atoms with van der Waals surface area (Å²) < 4.78 is 0. The molecule has 1 aromatic rings.